The Morgan fingerprint density at radius 2 is 0.934 bits per heavy atom. The summed E-state index contributed by atoms with van der Waals surface area (Å²) in [5.41, 5.74) is 33.7. The van der Waals surface area contributed by atoms with Gasteiger partial charge in [0.15, 0.2) is 7.28 Å². The van der Waals surface area contributed by atoms with E-state index in [-0.39, 0.29) is 37.9 Å². The lowest BCUT2D eigenvalue weighted by atomic mass is 9.56. The molecule has 12 rings (SSSR count). The quantitative estimate of drug-likeness (QED) is 0.173. The van der Waals surface area contributed by atoms with E-state index in [0.29, 0.717) is 0 Å². The van der Waals surface area contributed by atoms with Gasteiger partial charge in [-0.15, -0.1) is 0 Å². The maximum atomic E-state index is 4.25. The normalized spacial score (nSPS) is 19.9. The van der Waals surface area contributed by atoms with Crippen LogP contribution in [-0.2, 0) is 37.9 Å². The second-order valence-corrected chi connectivity index (χ2v) is 29.2. The molecule has 0 aromatic heterocycles. The van der Waals surface area contributed by atoms with E-state index >= 15 is 0 Å². The third-order valence-electron chi connectivity index (χ3n) is 20.5. The standard InChI is InChI=1S/C73H84BN2/c1-42-31-44(3)65(45(4)32-42)46-34-51(50-37-57-58(71(13,14)29-28-70(57,11)12)40-61(50)75-47-23-24-53-56(36-47)69(9,10)26-25-67(53,5)6)66-64(35-46)76(62-41-59-55(33-43(62)2)68(7,8)27-30-72(59,15)16)63-38-49-48-21-19-20-22-52(48)73(17,18)54(49)39-60(63)74-66/h19-24,31-41,75H,25-30H2,1-18H3. The molecule has 3 heteroatoms. The summed E-state index contributed by atoms with van der Waals surface area (Å²) in [5.74, 6) is 0. The highest BCUT2D eigenvalue weighted by atomic mass is 15.2. The Labute approximate surface area is 458 Å². The van der Waals surface area contributed by atoms with E-state index in [2.05, 4.69) is 245 Å². The van der Waals surface area contributed by atoms with Gasteiger partial charge in [-0.25, -0.2) is 0 Å². The maximum Gasteiger partial charge on any atom is 0.197 e. The van der Waals surface area contributed by atoms with Crippen LogP contribution in [0, 0.1) is 27.7 Å². The van der Waals surface area contributed by atoms with Gasteiger partial charge in [-0.3, -0.25) is 0 Å². The molecule has 0 amide bonds. The van der Waals surface area contributed by atoms with Crippen molar-refractivity contribution in [1.82, 2.24) is 0 Å². The molecule has 389 valence electrons. The molecule has 0 bridgehead atoms. The van der Waals surface area contributed by atoms with Crippen molar-refractivity contribution in [2.45, 2.75) is 201 Å². The molecule has 7 aromatic rings. The molecule has 0 fully saturated rings. The van der Waals surface area contributed by atoms with Gasteiger partial charge in [0.25, 0.3) is 0 Å². The zero-order chi connectivity index (χ0) is 54.2. The summed E-state index contributed by atoms with van der Waals surface area (Å²) in [7, 11) is 2.58. The van der Waals surface area contributed by atoms with Crippen molar-refractivity contribution in [1.29, 1.82) is 0 Å². The van der Waals surface area contributed by atoms with E-state index in [1.807, 2.05) is 0 Å². The fourth-order valence-corrected chi connectivity index (χ4v) is 15.3. The van der Waals surface area contributed by atoms with Gasteiger partial charge in [0.05, 0.1) is 0 Å². The smallest absolute Gasteiger partial charge is 0.197 e. The summed E-state index contributed by atoms with van der Waals surface area (Å²) < 4.78 is 0. The highest BCUT2D eigenvalue weighted by Gasteiger charge is 2.44. The fraction of sp³-hybridized carbons (Fsp3) is 0.425. The minimum Gasteiger partial charge on any atom is -0.355 e. The van der Waals surface area contributed by atoms with Crippen LogP contribution in [0.4, 0.5) is 28.4 Å². The zero-order valence-corrected chi connectivity index (χ0v) is 49.6. The lowest BCUT2D eigenvalue weighted by molar-refractivity contribution is 0.332. The monoisotopic (exact) mass is 1000 g/mol. The number of hydrogen-bond donors (Lipinski definition) is 1. The van der Waals surface area contributed by atoms with E-state index < -0.39 is 0 Å². The van der Waals surface area contributed by atoms with Gasteiger partial charge in [-0.1, -0.05) is 163 Å². The van der Waals surface area contributed by atoms with Gasteiger partial charge in [-0.05, 0) is 242 Å². The number of anilines is 5. The van der Waals surface area contributed by atoms with Gasteiger partial charge in [0.1, 0.15) is 0 Å². The molecule has 4 aliphatic carbocycles. The Kier molecular flexibility index (Phi) is 11.1. The molecular formula is C73H84BN2. The average molecular weight is 1000 g/mol. The van der Waals surface area contributed by atoms with Crippen LogP contribution in [-0.4, -0.2) is 7.28 Å². The first kappa shape index (κ1) is 51.0. The summed E-state index contributed by atoms with van der Waals surface area (Å²) in [6, 6.07) is 42.0. The van der Waals surface area contributed by atoms with Crippen molar-refractivity contribution in [2.75, 3.05) is 10.2 Å². The second kappa shape index (κ2) is 16.6. The molecular weight excluding hydrogens is 916 g/mol. The third kappa shape index (κ3) is 7.76. The number of nitrogens with zero attached hydrogens (tertiary/aromatic N) is 1. The Morgan fingerprint density at radius 1 is 0.395 bits per heavy atom. The number of rotatable bonds is 5. The van der Waals surface area contributed by atoms with Crippen molar-refractivity contribution in [2.24, 2.45) is 0 Å². The van der Waals surface area contributed by atoms with Crippen LogP contribution in [0.5, 0.6) is 0 Å². The minimum atomic E-state index is -0.142. The van der Waals surface area contributed by atoms with Crippen LogP contribution in [0.15, 0.2) is 103 Å². The molecule has 1 radical (unpaired) electrons. The van der Waals surface area contributed by atoms with Crippen molar-refractivity contribution >= 4 is 46.6 Å². The topological polar surface area (TPSA) is 15.3 Å². The number of fused-ring (bicyclic) bond motifs is 8. The Morgan fingerprint density at radius 3 is 1.55 bits per heavy atom. The van der Waals surface area contributed by atoms with E-state index in [9.17, 15) is 0 Å². The molecule has 7 aromatic carbocycles. The summed E-state index contributed by atoms with van der Waals surface area (Å²) in [6.07, 6.45) is 7.03. The Balaban J connectivity index is 1.19. The first-order valence-electron chi connectivity index (χ1n) is 29.0. The van der Waals surface area contributed by atoms with Crippen LogP contribution < -0.4 is 21.1 Å². The lowest BCUT2D eigenvalue weighted by Gasteiger charge is -2.44. The number of hydrogen-bond acceptors (Lipinski definition) is 2. The summed E-state index contributed by atoms with van der Waals surface area (Å²) in [5, 5.41) is 4.25. The first-order valence-corrected chi connectivity index (χ1v) is 29.0. The van der Waals surface area contributed by atoms with Crippen LogP contribution >= 0.6 is 0 Å². The minimum absolute atomic E-state index is 0.00563. The van der Waals surface area contributed by atoms with Crippen molar-refractivity contribution in [3.05, 3.63) is 170 Å². The van der Waals surface area contributed by atoms with Crippen LogP contribution in [0.25, 0.3) is 33.4 Å². The van der Waals surface area contributed by atoms with Crippen LogP contribution in [0.3, 0.4) is 0 Å². The van der Waals surface area contributed by atoms with Gasteiger partial charge in [0.2, 0.25) is 0 Å². The van der Waals surface area contributed by atoms with Gasteiger partial charge < -0.3 is 10.2 Å². The van der Waals surface area contributed by atoms with Gasteiger partial charge in [0, 0.05) is 39.4 Å². The maximum absolute atomic E-state index is 4.25. The summed E-state index contributed by atoms with van der Waals surface area (Å²) in [6.45, 7) is 43.7. The number of benzene rings is 7. The van der Waals surface area contributed by atoms with Gasteiger partial charge in [-0.2, -0.15) is 0 Å². The molecule has 0 saturated carbocycles. The molecule has 1 N–H and O–H groups in total. The lowest BCUT2D eigenvalue weighted by Crippen LogP contribution is -2.42. The van der Waals surface area contributed by atoms with Crippen LogP contribution in [0.2, 0.25) is 0 Å². The molecule has 1 heterocycles. The highest BCUT2D eigenvalue weighted by Crippen LogP contribution is 2.56. The fourth-order valence-electron chi connectivity index (χ4n) is 15.3. The Hall–Kier alpha value is -5.80. The third-order valence-corrected chi connectivity index (χ3v) is 20.5. The number of nitrogens with one attached hydrogen (secondary N) is 1. The molecule has 76 heavy (non-hydrogen) atoms. The molecule has 5 aliphatic rings. The molecule has 2 nitrogen and oxygen atoms in total. The van der Waals surface area contributed by atoms with Crippen molar-refractivity contribution < 1.29 is 0 Å². The molecule has 1 aliphatic heterocycles. The van der Waals surface area contributed by atoms with E-state index in [1.54, 1.807) is 0 Å². The summed E-state index contributed by atoms with van der Waals surface area (Å²) in [4.78, 5) is 2.71. The zero-order valence-electron chi connectivity index (χ0n) is 49.6. The van der Waals surface area contributed by atoms with Crippen LogP contribution in [0.1, 0.15) is 202 Å². The molecule has 0 spiro atoms. The summed E-state index contributed by atoms with van der Waals surface area (Å²) >= 11 is 0. The van der Waals surface area contributed by atoms with Crippen molar-refractivity contribution in [3.63, 3.8) is 0 Å². The van der Waals surface area contributed by atoms with Gasteiger partial charge >= 0.3 is 0 Å². The predicted octanol–water partition coefficient (Wildman–Crippen LogP) is 18.8. The first-order chi connectivity index (χ1) is 35.5. The second-order valence-electron chi connectivity index (χ2n) is 29.2. The Bertz CT molecular complexity index is 3600. The van der Waals surface area contributed by atoms with E-state index in [4.69, 9.17) is 0 Å². The molecule has 0 unspecified atom stereocenters. The average Bonchev–Trinajstić information content (AvgIpc) is 3.58. The molecule has 0 atom stereocenters. The van der Waals surface area contributed by atoms with Crippen molar-refractivity contribution in [3.8, 4) is 33.4 Å². The highest BCUT2D eigenvalue weighted by molar-refractivity contribution is 6.73. The SMILES string of the molecule is Cc1cc(C)c(-c2cc(-c3cc4c(cc3Nc3ccc5c(c3)C(C)(C)CCC5(C)C)C(C)(C)CCC4(C)C)c3c(c2)N(c2cc4c(cc2C)C(C)(C)CCC4(C)C)c2cc4c(cc2[B]3)C(C)(C)c2ccccc2-4)c(C)c1. The number of aryl methyl sites for hydroxylation is 4. The largest absolute Gasteiger partial charge is 0.355 e. The predicted molar refractivity (Wildman–Crippen MR) is 329 cm³/mol. The molecule has 0 saturated heterocycles. The van der Waals surface area contributed by atoms with E-state index in [0.717, 1.165) is 24.9 Å². The van der Waals surface area contributed by atoms with E-state index in [1.165, 1.54) is 153 Å².